The summed E-state index contributed by atoms with van der Waals surface area (Å²) < 4.78 is 22.4. The van der Waals surface area contributed by atoms with Crippen LogP contribution in [0.25, 0.3) is 0 Å². The summed E-state index contributed by atoms with van der Waals surface area (Å²) in [6, 6.07) is 7.13. The van der Waals surface area contributed by atoms with Gasteiger partial charge in [-0.15, -0.1) is 0 Å². The molecule has 1 aliphatic rings. The minimum atomic E-state index is -0.550. The second-order valence-electron chi connectivity index (χ2n) is 3.60. The summed E-state index contributed by atoms with van der Waals surface area (Å²) in [5.41, 5.74) is 0.675. The number of amides is 1. The minimum Gasteiger partial charge on any atom is -0.489 e. The Labute approximate surface area is 98.9 Å². The van der Waals surface area contributed by atoms with E-state index in [-0.39, 0.29) is 19.1 Å². The number of benzene rings is 1. The largest absolute Gasteiger partial charge is 0.489 e. The first-order valence-corrected chi connectivity index (χ1v) is 5.49. The first kappa shape index (κ1) is 11.9. The van der Waals surface area contributed by atoms with Crippen molar-refractivity contribution in [3.63, 3.8) is 0 Å². The van der Waals surface area contributed by atoms with Crippen LogP contribution < -0.4 is 9.64 Å². The van der Waals surface area contributed by atoms with Crippen molar-refractivity contribution in [1.82, 2.24) is 0 Å². The quantitative estimate of drug-likeness (QED) is 0.797. The van der Waals surface area contributed by atoms with E-state index < -0.39 is 6.67 Å². The molecule has 0 N–H and O–H groups in total. The third kappa shape index (κ3) is 2.74. The third-order valence-electron chi connectivity index (χ3n) is 2.48. The topological polar surface area (TPSA) is 38.8 Å². The Bertz CT molecular complexity index is 397. The Balaban J connectivity index is 2.20. The zero-order valence-corrected chi connectivity index (χ0v) is 9.39. The first-order valence-electron chi connectivity index (χ1n) is 5.49. The molecule has 17 heavy (non-hydrogen) atoms. The zero-order chi connectivity index (χ0) is 12.1. The van der Waals surface area contributed by atoms with Gasteiger partial charge in [0.1, 0.15) is 25.6 Å². The molecule has 0 aromatic heterocycles. The summed E-state index contributed by atoms with van der Waals surface area (Å²) in [4.78, 5) is 13.3. The fraction of sp³-hybridized carbons (Fsp3) is 0.417. The van der Waals surface area contributed by atoms with Crippen molar-refractivity contribution < 1.29 is 18.7 Å². The van der Waals surface area contributed by atoms with Crippen molar-refractivity contribution in [3.05, 3.63) is 24.3 Å². The maximum atomic E-state index is 12.1. The maximum Gasteiger partial charge on any atom is 0.253 e. The second-order valence-corrected chi connectivity index (χ2v) is 3.60. The van der Waals surface area contributed by atoms with Crippen LogP contribution in [-0.4, -0.2) is 38.9 Å². The van der Waals surface area contributed by atoms with Crippen LogP contribution in [0.5, 0.6) is 5.75 Å². The molecular formula is C12H14FNO3. The van der Waals surface area contributed by atoms with Gasteiger partial charge in [0.25, 0.3) is 5.91 Å². The molecule has 1 aliphatic heterocycles. The number of carbonyl (C=O) groups is 1. The number of hydrogen-bond donors (Lipinski definition) is 0. The van der Waals surface area contributed by atoms with Crippen molar-refractivity contribution in [2.45, 2.75) is 0 Å². The predicted molar refractivity (Wildman–Crippen MR) is 61.1 cm³/mol. The summed E-state index contributed by atoms with van der Waals surface area (Å²) in [7, 11) is 0. The van der Waals surface area contributed by atoms with Crippen LogP contribution in [0.3, 0.4) is 0 Å². The van der Waals surface area contributed by atoms with Crippen LogP contribution in [0.4, 0.5) is 10.1 Å². The van der Waals surface area contributed by atoms with Crippen molar-refractivity contribution in [2.24, 2.45) is 0 Å². The lowest BCUT2D eigenvalue weighted by Gasteiger charge is -2.28. The van der Waals surface area contributed by atoms with Gasteiger partial charge in [0.05, 0.1) is 12.3 Å². The highest BCUT2D eigenvalue weighted by atomic mass is 19.1. The molecule has 0 spiro atoms. The Morgan fingerprint density at radius 2 is 2.24 bits per heavy atom. The molecule has 0 aliphatic carbocycles. The fourth-order valence-corrected chi connectivity index (χ4v) is 1.72. The Morgan fingerprint density at radius 3 is 3.00 bits per heavy atom. The summed E-state index contributed by atoms with van der Waals surface area (Å²) in [6.45, 7) is 0.524. The van der Waals surface area contributed by atoms with Gasteiger partial charge < -0.3 is 14.4 Å². The van der Waals surface area contributed by atoms with Crippen molar-refractivity contribution >= 4 is 11.6 Å². The molecule has 92 valence electrons. The number of para-hydroxylation sites is 2. The Morgan fingerprint density at radius 1 is 1.41 bits per heavy atom. The number of carbonyl (C=O) groups excluding carboxylic acids is 1. The van der Waals surface area contributed by atoms with Crippen molar-refractivity contribution in [3.8, 4) is 5.75 Å². The van der Waals surface area contributed by atoms with E-state index in [9.17, 15) is 9.18 Å². The molecule has 1 aromatic carbocycles. The molecule has 1 saturated heterocycles. The number of anilines is 1. The molecule has 1 amide bonds. The smallest absolute Gasteiger partial charge is 0.253 e. The SMILES string of the molecule is O=C1COCCN1c1ccccc1OCCF. The number of hydrogen-bond acceptors (Lipinski definition) is 3. The number of alkyl halides is 1. The molecular weight excluding hydrogens is 225 g/mol. The van der Waals surface area contributed by atoms with Gasteiger partial charge in [-0.3, -0.25) is 4.79 Å². The number of halogens is 1. The third-order valence-corrected chi connectivity index (χ3v) is 2.48. The van der Waals surface area contributed by atoms with E-state index in [1.54, 1.807) is 23.1 Å². The van der Waals surface area contributed by atoms with Crippen LogP contribution >= 0.6 is 0 Å². The van der Waals surface area contributed by atoms with Gasteiger partial charge in [0, 0.05) is 6.54 Å². The summed E-state index contributed by atoms with van der Waals surface area (Å²) in [5.74, 6) is 0.424. The van der Waals surface area contributed by atoms with Gasteiger partial charge in [-0.05, 0) is 12.1 Å². The van der Waals surface area contributed by atoms with Gasteiger partial charge >= 0.3 is 0 Å². The number of nitrogens with zero attached hydrogens (tertiary/aromatic N) is 1. The van der Waals surface area contributed by atoms with Crippen LogP contribution in [-0.2, 0) is 9.53 Å². The highest BCUT2D eigenvalue weighted by molar-refractivity contribution is 5.96. The lowest BCUT2D eigenvalue weighted by atomic mass is 10.2. The number of rotatable bonds is 4. The molecule has 1 heterocycles. The highest BCUT2D eigenvalue weighted by Gasteiger charge is 2.22. The monoisotopic (exact) mass is 239 g/mol. The molecule has 5 heteroatoms. The van der Waals surface area contributed by atoms with E-state index >= 15 is 0 Å². The van der Waals surface area contributed by atoms with E-state index in [0.717, 1.165) is 0 Å². The molecule has 1 aromatic rings. The Kier molecular flexibility index (Phi) is 3.93. The van der Waals surface area contributed by atoms with E-state index in [1.807, 2.05) is 6.07 Å². The van der Waals surface area contributed by atoms with Gasteiger partial charge in [-0.2, -0.15) is 0 Å². The summed E-state index contributed by atoms with van der Waals surface area (Å²) >= 11 is 0. The maximum absolute atomic E-state index is 12.1. The molecule has 2 rings (SSSR count). The van der Waals surface area contributed by atoms with Crippen LogP contribution in [0.1, 0.15) is 0 Å². The standard InChI is InChI=1S/C12H14FNO3/c13-5-7-17-11-4-2-1-3-10(11)14-6-8-16-9-12(14)15/h1-4H,5-9H2. The average Bonchev–Trinajstić information content (AvgIpc) is 2.37. The zero-order valence-electron chi connectivity index (χ0n) is 9.39. The van der Waals surface area contributed by atoms with Crippen molar-refractivity contribution in [2.75, 3.05) is 37.9 Å². The van der Waals surface area contributed by atoms with E-state index in [0.29, 0.717) is 24.6 Å². The molecule has 4 nitrogen and oxygen atoms in total. The molecule has 0 unspecified atom stereocenters. The molecule has 1 fully saturated rings. The lowest BCUT2D eigenvalue weighted by Crippen LogP contribution is -2.41. The summed E-state index contributed by atoms with van der Waals surface area (Å²) in [5, 5.41) is 0. The highest BCUT2D eigenvalue weighted by Crippen LogP contribution is 2.28. The number of ether oxygens (including phenoxy) is 2. The van der Waals surface area contributed by atoms with Gasteiger partial charge in [-0.1, -0.05) is 12.1 Å². The normalized spacial score (nSPS) is 16.1. The predicted octanol–water partition coefficient (Wildman–Crippen LogP) is 1.40. The van der Waals surface area contributed by atoms with Crippen molar-refractivity contribution in [1.29, 1.82) is 0 Å². The molecule has 0 radical (unpaired) electrons. The van der Waals surface area contributed by atoms with Gasteiger partial charge in [0.2, 0.25) is 0 Å². The van der Waals surface area contributed by atoms with Crippen LogP contribution in [0, 0.1) is 0 Å². The van der Waals surface area contributed by atoms with Gasteiger partial charge in [0.15, 0.2) is 0 Å². The first-order chi connectivity index (χ1) is 8.33. The average molecular weight is 239 g/mol. The van der Waals surface area contributed by atoms with E-state index in [2.05, 4.69) is 0 Å². The molecule has 0 atom stereocenters. The summed E-state index contributed by atoms with van der Waals surface area (Å²) in [6.07, 6.45) is 0. The van der Waals surface area contributed by atoms with E-state index in [4.69, 9.17) is 9.47 Å². The van der Waals surface area contributed by atoms with Crippen LogP contribution in [0.2, 0.25) is 0 Å². The second kappa shape index (κ2) is 5.63. The molecule has 0 bridgehead atoms. The van der Waals surface area contributed by atoms with Gasteiger partial charge in [-0.25, -0.2) is 4.39 Å². The fourth-order valence-electron chi connectivity index (χ4n) is 1.72. The number of morpholine rings is 1. The van der Waals surface area contributed by atoms with Crippen LogP contribution in [0.15, 0.2) is 24.3 Å². The lowest BCUT2D eigenvalue weighted by molar-refractivity contribution is -0.125. The van der Waals surface area contributed by atoms with E-state index in [1.165, 1.54) is 0 Å². The Hall–Kier alpha value is -1.62. The molecule has 0 saturated carbocycles. The minimum absolute atomic E-state index is 0.00442.